The molecule has 1 heterocycles. The highest BCUT2D eigenvalue weighted by Crippen LogP contribution is 2.28. The first-order chi connectivity index (χ1) is 9.00. The monoisotopic (exact) mass is 268 g/mol. The topological polar surface area (TPSA) is 69.6 Å². The Morgan fingerprint density at radius 2 is 1.84 bits per heavy atom. The van der Waals surface area contributed by atoms with Crippen LogP contribution in [0.1, 0.15) is 45.4 Å². The van der Waals surface area contributed by atoms with Gasteiger partial charge in [0.15, 0.2) is 0 Å². The second-order valence-electron chi connectivity index (χ2n) is 5.93. The molecule has 19 heavy (non-hydrogen) atoms. The average molecular weight is 268 g/mol. The number of nitrogens with zero attached hydrogens (tertiary/aromatic N) is 1. The van der Waals surface area contributed by atoms with E-state index < -0.39 is 5.60 Å². The largest absolute Gasteiger partial charge is 0.388 e. The summed E-state index contributed by atoms with van der Waals surface area (Å²) in [6, 6.07) is 0. The first-order valence-electron chi connectivity index (χ1n) is 7.26. The highest BCUT2D eigenvalue weighted by atomic mass is 16.3. The number of carbonyl (C=O) groups is 2. The number of likely N-dealkylation sites (tertiary alicyclic amines) is 1. The molecule has 0 radical (unpaired) electrons. The lowest BCUT2D eigenvalue weighted by Crippen LogP contribution is -2.46. The van der Waals surface area contributed by atoms with E-state index in [9.17, 15) is 14.7 Å². The molecule has 2 N–H and O–H groups in total. The average Bonchev–Trinajstić information content (AvgIpc) is 2.83. The maximum absolute atomic E-state index is 12.0. The molecule has 5 heteroatoms. The number of amides is 2. The van der Waals surface area contributed by atoms with Gasteiger partial charge in [-0.15, -0.1) is 0 Å². The zero-order valence-corrected chi connectivity index (χ0v) is 11.7. The molecule has 1 aliphatic heterocycles. The van der Waals surface area contributed by atoms with Crippen LogP contribution in [0.4, 0.5) is 0 Å². The minimum Gasteiger partial charge on any atom is -0.388 e. The van der Waals surface area contributed by atoms with Crippen LogP contribution in [0.3, 0.4) is 0 Å². The maximum Gasteiger partial charge on any atom is 0.223 e. The van der Waals surface area contributed by atoms with Crippen molar-refractivity contribution in [3.8, 4) is 0 Å². The van der Waals surface area contributed by atoms with Gasteiger partial charge in [0.05, 0.1) is 5.60 Å². The van der Waals surface area contributed by atoms with E-state index in [4.69, 9.17) is 0 Å². The van der Waals surface area contributed by atoms with E-state index >= 15 is 0 Å². The fraction of sp³-hybridized carbons (Fsp3) is 0.857. The lowest BCUT2D eigenvalue weighted by molar-refractivity contribution is -0.134. The Kier molecular flexibility index (Phi) is 4.45. The van der Waals surface area contributed by atoms with Gasteiger partial charge < -0.3 is 15.3 Å². The molecule has 0 unspecified atom stereocenters. The number of carbonyl (C=O) groups excluding carboxylic acids is 2. The zero-order chi connectivity index (χ0) is 13.9. The van der Waals surface area contributed by atoms with Crippen molar-refractivity contribution in [2.24, 2.45) is 5.92 Å². The van der Waals surface area contributed by atoms with Gasteiger partial charge in [0.25, 0.3) is 0 Å². The summed E-state index contributed by atoms with van der Waals surface area (Å²) in [5, 5.41) is 13.1. The fourth-order valence-corrected chi connectivity index (χ4v) is 3.06. The number of nitrogens with one attached hydrogen (secondary N) is 1. The van der Waals surface area contributed by atoms with Gasteiger partial charge in [0.1, 0.15) is 0 Å². The van der Waals surface area contributed by atoms with Crippen molar-refractivity contribution in [2.75, 3.05) is 19.6 Å². The molecule has 2 fully saturated rings. The highest BCUT2D eigenvalue weighted by Gasteiger charge is 2.33. The van der Waals surface area contributed by atoms with E-state index in [2.05, 4.69) is 5.32 Å². The first-order valence-corrected chi connectivity index (χ1v) is 7.26. The molecule has 0 bridgehead atoms. The number of hydrogen-bond acceptors (Lipinski definition) is 3. The second kappa shape index (κ2) is 5.90. The predicted molar refractivity (Wildman–Crippen MR) is 71.4 cm³/mol. The summed E-state index contributed by atoms with van der Waals surface area (Å²) < 4.78 is 0. The van der Waals surface area contributed by atoms with E-state index in [1.165, 1.54) is 0 Å². The molecule has 0 spiro atoms. The van der Waals surface area contributed by atoms with E-state index in [1.54, 1.807) is 11.8 Å². The van der Waals surface area contributed by atoms with Crippen molar-refractivity contribution < 1.29 is 14.7 Å². The van der Waals surface area contributed by atoms with Crippen LogP contribution in [0.15, 0.2) is 0 Å². The maximum atomic E-state index is 12.0. The normalized spacial score (nSPS) is 23.4. The minimum absolute atomic E-state index is 0.0133. The van der Waals surface area contributed by atoms with Gasteiger partial charge in [0.2, 0.25) is 11.8 Å². The number of rotatable bonds is 3. The van der Waals surface area contributed by atoms with Gasteiger partial charge in [-0.1, -0.05) is 12.8 Å². The molecule has 2 aliphatic rings. The summed E-state index contributed by atoms with van der Waals surface area (Å²) in [5.74, 6) is 0.100. The number of aliphatic hydroxyl groups is 1. The summed E-state index contributed by atoms with van der Waals surface area (Å²) in [7, 11) is 0. The molecule has 0 aromatic heterocycles. The van der Waals surface area contributed by atoms with Gasteiger partial charge in [-0.3, -0.25) is 9.59 Å². The molecule has 1 aliphatic carbocycles. The lowest BCUT2D eigenvalue weighted by atomic mass is 9.95. The molecule has 0 aromatic rings. The summed E-state index contributed by atoms with van der Waals surface area (Å²) >= 11 is 0. The Labute approximate surface area is 114 Å². The van der Waals surface area contributed by atoms with Crippen molar-refractivity contribution in [2.45, 2.75) is 51.0 Å². The summed E-state index contributed by atoms with van der Waals surface area (Å²) in [6.45, 7) is 3.27. The van der Waals surface area contributed by atoms with Crippen LogP contribution in [-0.4, -0.2) is 47.1 Å². The van der Waals surface area contributed by atoms with Crippen LogP contribution in [0, 0.1) is 5.92 Å². The third kappa shape index (κ3) is 3.69. The van der Waals surface area contributed by atoms with Crippen molar-refractivity contribution in [1.82, 2.24) is 10.2 Å². The van der Waals surface area contributed by atoms with Crippen LogP contribution in [-0.2, 0) is 9.59 Å². The lowest BCUT2D eigenvalue weighted by Gasteiger charge is -2.31. The van der Waals surface area contributed by atoms with Crippen LogP contribution in [0.25, 0.3) is 0 Å². The fourth-order valence-electron chi connectivity index (χ4n) is 3.06. The van der Waals surface area contributed by atoms with Crippen LogP contribution in [0.5, 0.6) is 0 Å². The Hall–Kier alpha value is -1.10. The van der Waals surface area contributed by atoms with Gasteiger partial charge in [-0.2, -0.15) is 0 Å². The standard InChI is InChI=1S/C14H24N2O3/c1-11(17)16-8-4-12(5-9-16)13(18)15-10-14(19)6-2-3-7-14/h12,19H,2-10H2,1H3,(H,15,18). The second-order valence-corrected chi connectivity index (χ2v) is 5.93. The van der Waals surface area contributed by atoms with E-state index in [0.717, 1.165) is 38.5 Å². The highest BCUT2D eigenvalue weighted by molar-refractivity contribution is 5.79. The molecule has 1 saturated heterocycles. The Morgan fingerprint density at radius 1 is 1.26 bits per heavy atom. The molecule has 2 amide bonds. The molecule has 0 atom stereocenters. The number of piperidine rings is 1. The van der Waals surface area contributed by atoms with Crippen LogP contribution < -0.4 is 5.32 Å². The molecule has 5 nitrogen and oxygen atoms in total. The van der Waals surface area contributed by atoms with Crippen molar-refractivity contribution in [1.29, 1.82) is 0 Å². The third-order valence-electron chi connectivity index (χ3n) is 4.44. The van der Waals surface area contributed by atoms with Crippen LogP contribution >= 0.6 is 0 Å². The predicted octanol–water partition coefficient (Wildman–Crippen LogP) is 0.666. The zero-order valence-electron chi connectivity index (χ0n) is 11.7. The molecule has 1 saturated carbocycles. The van der Waals surface area contributed by atoms with E-state index in [0.29, 0.717) is 19.6 Å². The minimum atomic E-state index is -0.685. The van der Waals surface area contributed by atoms with Gasteiger partial charge >= 0.3 is 0 Å². The van der Waals surface area contributed by atoms with Gasteiger partial charge in [0, 0.05) is 32.5 Å². The Morgan fingerprint density at radius 3 is 2.37 bits per heavy atom. The van der Waals surface area contributed by atoms with Crippen molar-refractivity contribution >= 4 is 11.8 Å². The molecular weight excluding hydrogens is 244 g/mol. The Balaban J connectivity index is 1.74. The van der Waals surface area contributed by atoms with Crippen molar-refractivity contribution in [3.63, 3.8) is 0 Å². The molecule has 108 valence electrons. The van der Waals surface area contributed by atoms with Gasteiger partial charge in [-0.05, 0) is 25.7 Å². The van der Waals surface area contributed by atoms with Crippen molar-refractivity contribution in [3.05, 3.63) is 0 Å². The van der Waals surface area contributed by atoms with E-state index in [-0.39, 0.29) is 17.7 Å². The SMILES string of the molecule is CC(=O)N1CCC(C(=O)NCC2(O)CCCC2)CC1. The first kappa shape index (κ1) is 14.3. The summed E-state index contributed by atoms with van der Waals surface area (Å²) in [4.78, 5) is 25.0. The Bertz CT molecular complexity index is 343. The number of hydrogen-bond donors (Lipinski definition) is 2. The molecule has 0 aromatic carbocycles. The summed E-state index contributed by atoms with van der Waals surface area (Å²) in [5.41, 5.74) is -0.685. The van der Waals surface area contributed by atoms with Gasteiger partial charge in [-0.25, -0.2) is 0 Å². The quantitative estimate of drug-likeness (QED) is 0.790. The van der Waals surface area contributed by atoms with Crippen LogP contribution in [0.2, 0.25) is 0 Å². The third-order valence-corrected chi connectivity index (χ3v) is 4.44. The van der Waals surface area contributed by atoms with E-state index in [1.807, 2.05) is 0 Å². The smallest absolute Gasteiger partial charge is 0.223 e. The summed E-state index contributed by atoms with van der Waals surface area (Å²) in [6.07, 6.45) is 5.12. The molecular formula is C14H24N2O3. The molecule has 2 rings (SSSR count).